The Morgan fingerprint density at radius 1 is 0.478 bits per heavy atom. The van der Waals surface area contributed by atoms with E-state index in [2.05, 4.69) is 234 Å². The second-order valence-electron chi connectivity index (χ2n) is 20.5. The Bertz CT molecular complexity index is 3770. The average Bonchev–Trinajstić information content (AvgIpc) is 3.97. The lowest BCUT2D eigenvalue weighted by atomic mass is 9.36. The molecule has 10 aromatic rings. The lowest BCUT2D eigenvalue weighted by Crippen LogP contribution is -2.60. The fourth-order valence-corrected chi connectivity index (χ4v) is 14.3. The summed E-state index contributed by atoms with van der Waals surface area (Å²) < 4.78 is 2.72. The number of hydrogen-bond donors (Lipinski definition) is 0. The van der Waals surface area contributed by atoms with Crippen LogP contribution in [0.1, 0.15) is 75.4 Å². The fourth-order valence-electron chi connectivity index (χ4n) is 13.0. The molecule has 1 aromatic heterocycles. The van der Waals surface area contributed by atoms with Crippen LogP contribution in [0.3, 0.4) is 0 Å². The predicted molar refractivity (Wildman–Crippen MR) is 295 cm³/mol. The Morgan fingerprint density at radius 2 is 1.07 bits per heavy atom. The number of nitrogens with zero attached hydrogens (tertiary/aromatic N) is 2. The van der Waals surface area contributed by atoms with Gasteiger partial charge in [-0.15, -0.1) is 11.3 Å². The molecule has 3 heterocycles. The minimum atomic E-state index is -0.429. The molecule has 0 atom stereocenters. The second kappa shape index (κ2) is 14.6. The molecule has 0 N–H and O–H groups in total. The summed E-state index contributed by atoms with van der Waals surface area (Å²) in [6.07, 6.45) is 0. The molecule has 69 heavy (non-hydrogen) atoms. The number of hydrogen-bond acceptors (Lipinski definition) is 3. The normalized spacial score (nSPS) is 14.2. The van der Waals surface area contributed by atoms with Gasteiger partial charge in [-0.3, -0.25) is 0 Å². The number of fused-ring (bicyclic) bond motifs is 16. The van der Waals surface area contributed by atoms with Crippen LogP contribution in [0, 0.1) is 34.6 Å². The number of rotatable bonds is 4. The molecular weight excluding hydrogens is 852 g/mol. The molecule has 2 aliphatic carbocycles. The Kier molecular flexibility index (Phi) is 8.58. The molecule has 0 fully saturated rings. The van der Waals surface area contributed by atoms with Crippen LogP contribution in [0.4, 0.5) is 34.1 Å². The summed E-state index contributed by atoms with van der Waals surface area (Å²) in [4.78, 5) is 5.19. The maximum absolute atomic E-state index is 2.62. The highest BCUT2D eigenvalue weighted by molar-refractivity contribution is 7.33. The monoisotopic (exact) mass is 902 g/mol. The van der Waals surface area contributed by atoms with E-state index in [1.807, 2.05) is 11.3 Å². The molecular formula is C65H51BN2S. The van der Waals surface area contributed by atoms with Crippen molar-refractivity contribution >= 4 is 78.0 Å². The zero-order valence-corrected chi connectivity index (χ0v) is 41.0. The molecule has 0 radical (unpaired) electrons. The van der Waals surface area contributed by atoms with Gasteiger partial charge in [-0.1, -0.05) is 146 Å². The molecule has 0 amide bonds. The van der Waals surface area contributed by atoms with Crippen molar-refractivity contribution in [2.45, 2.75) is 59.8 Å². The second-order valence-corrected chi connectivity index (χ2v) is 21.6. The molecule has 4 heteroatoms. The van der Waals surface area contributed by atoms with E-state index in [9.17, 15) is 0 Å². The molecule has 0 bridgehead atoms. The van der Waals surface area contributed by atoms with Gasteiger partial charge in [0.25, 0.3) is 6.71 Å². The van der Waals surface area contributed by atoms with Crippen LogP contribution in [0.15, 0.2) is 176 Å². The van der Waals surface area contributed by atoms with Crippen molar-refractivity contribution in [3.8, 4) is 33.4 Å². The molecule has 0 saturated heterocycles. The molecule has 4 aliphatic rings. The molecule has 0 unspecified atom stereocenters. The zero-order valence-electron chi connectivity index (χ0n) is 40.2. The van der Waals surface area contributed by atoms with Gasteiger partial charge in [0, 0.05) is 43.3 Å². The van der Waals surface area contributed by atoms with Gasteiger partial charge in [0.05, 0.1) is 11.1 Å². The first-order chi connectivity index (χ1) is 33.6. The first-order valence-corrected chi connectivity index (χ1v) is 25.5. The first-order valence-electron chi connectivity index (χ1n) is 24.6. The van der Waals surface area contributed by atoms with Gasteiger partial charge in [-0.2, -0.15) is 0 Å². The third-order valence-electron chi connectivity index (χ3n) is 16.1. The highest BCUT2D eigenvalue weighted by atomic mass is 32.1. The first kappa shape index (κ1) is 40.7. The highest BCUT2D eigenvalue weighted by Gasteiger charge is 2.53. The summed E-state index contributed by atoms with van der Waals surface area (Å²) in [7, 11) is 0. The van der Waals surface area contributed by atoms with E-state index in [0.29, 0.717) is 5.92 Å². The van der Waals surface area contributed by atoms with Crippen LogP contribution in [-0.4, -0.2) is 6.71 Å². The molecule has 0 saturated carbocycles. The van der Waals surface area contributed by atoms with Crippen molar-refractivity contribution in [2.24, 2.45) is 0 Å². The van der Waals surface area contributed by atoms with Crippen molar-refractivity contribution in [3.05, 3.63) is 232 Å². The van der Waals surface area contributed by atoms with E-state index >= 15 is 0 Å². The SMILES string of the molecule is Cc1ccc(N2c3cc(-c4c(C)cccc4C)ccc3B3c4sc5cc6c(cc5c4N(c4ccc(C)cc4)c4cc(C)cc2c43)-c2ccc(C(C)C)cc2C62c3ccccc3-c3ccccc32)cc1. The van der Waals surface area contributed by atoms with Crippen LogP contribution in [0.25, 0.3) is 43.5 Å². The topological polar surface area (TPSA) is 6.48 Å². The van der Waals surface area contributed by atoms with Crippen molar-refractivity contribution in [3.63, 3.8) is 0 Å². The molecule has 330 valence electrons. The standard InChI is InChI=1S/C65H51BN2S/c1-37(2)43-23-29-49-50-35-51-60(36-55(50)65(54(49)33-43)52-17-10-8-15-47(52)48-16-9-11-18-53(48)65)69-64-63(51)68(46-27-21-39(4)22-28-46)59-32-40(5)31-58-62(59)66(64)56-30-24-44(61-41(6)13-12-14-42(61)7)34-57(56)67(58)45-25-19-38(3)20-26-45/h8-37H,1-7H3. The van der Waals surface area contributed by atoms with Crippen molar-refractivity contribution in [2.75, 3.05) is 9.80 Å². The lowest BCUT2D eigenvalue weighted by Gasteiger charge is -2.43. The Morgan fingerprint density at radius 3 is 1.72 bits per heavy atom. The Hall–Kier alpha value is -7.40. The minimum Gasteiger partial charge on any atom is -0.311 e. The zero-order chi connectivity index (χ0) is 46.6. The summed E-state index contributed by atoms with van der Waals surface area (Å²) in [5.74, 6) is 0.409. The molecule has 1 spiro atoms. The van der Waals surface area contributed by atoms with Gasteiger partial charge in [0.2, 0.25) is 0 Å². The highest BCUT2D eigenvalue weighted by Crippen LogP contribution is 2.64. The van der Waals surface area contributed by atoms with Crippen LogP contribution in [0.5, 0.6) is 0 Å². The summed E-state index contributed by atoms with van der Waals surface area (Å²) in [5.41, 5.74) is 30.9. The molecule has 2 aliphatic heterocycles. The maximum atomic E-state index is 2.62. The van der Waals surface area contributed by atoms with E-state index in [0.717, 1.165) is 0 Å². The van der Waals surface area contributed by atoms with Crippen molar-refractivity contribution < 1.29 is 0 Å². The average molecular weight is 903 g/mol. The van der Waals surface area contributed by atoms with E-state index in [1.54, 1.807) is 0 Å². The van der Waals surface area contributed by atoms with E-state index in [1.165, 1.54) is 149 Å². The fraction of sp³-hybridized carbons (Fsp3) is 0.138. The smallest absolute Gasteiger partial charge is 0.264 e. The van der Waals surface area contributed by atoms with Gasteiger partial charge >= 0.3 is 0 Å². The number of thiophene rings is 1. The van der Waals surface area contributed by atoms with Crippen LogP contribution >= 0.6 is 11.3 Å². The van der Waals surface area contributed by atoms with Crippen LogP contribution in [0.2, 0.25) is 0 Å². The predicted octanol–water partition coefficient (Wildman–Crippen LogP) is 15.7. The maximum Gasteiger partial charge on any atom is 0.264 e. The molecule has 2 nitrogen and oxygen atoms in total. The van der Waals surface area contributed by atoms with Crippen LogP contribution in [-0.2, 0) is 5.41 Å². The van der Waals surface area contributed by atoms with Gasteiger partial charge in [-0.05, 0) is 184 Å². The van der Waals surface area contributed by atoms with Gasteiger partial charge in [0.15, 0.2) is 0 Å². The Balaban J connectivity index is 1.10. The van der Waals surface area contributed by atoms with Gasteiger partial charge < -0.3 is 9.80 Å². The van der Waals surface area contributed by atoms with E-state index in [4.69, 9.17) is 0 Å². The van der Waals surface area contributed by atoms with Crippen molar-refractivity contribution in [1.29, 1.82) is 0 Å². The summed E-state index contributed by atoms with van der Waals surface area (Å²) in [6, 6.07) is 68.3. The summed E-state index contributed by atoms with van der Waals surface area (Å²) >= 11 is 2.01. The Labute approximate surface area is 410 Å². The van der Waals surface area contributed by atoms with Gasteiger partial charge in [-0.25, -0.2) is 0 Å². The largest absolute Gasteiger partial charge is 0.311 e. The summed E-state index contributed by atoms with van der Waals surface area (Å²) in [6.45, 7) is 15.8. The van der Waals surface area contributed by atoms with Gasteiger partial charge in [0.1, 0.15) is 0 Å². The lowest BCUT2D eigenvalue weighted by molar-refractivity contribution is 0.785. The number of anilines is 6. The minimum absolute atomic E-state index is 0.0195. The quantitative estimate of drug-likeness (QED) is 0.162. The molecule has 14 rings (SSSR count). The molecule has 9 aromatic carbocycles. The third kappa shape index (κ3) is 5.50. The van der Waals surface area contributed by atoms with E-state index in [-0.39, 0.29) is 6.71 Å². The van der Waals surface area contributed by atoms with E-state index < -0.39 is 5.41 Å². The van der Waals surface area contributed by atoms with Crippen molar-refractivity contribution in [1.82, 2.24) is 0 Å². The van der Waals surface area contributed by atoms with Crippen LogP contribution < -0.4 is 25.5 Å². The third-order valence-corrected chi connectivity index (χ3v) is 17.3. The number of benzene rings is 9. The summed E-state index contributed by atoms with van der Waals surface area (Å²) in [5, 5.41) is 1.31. The number of aryl methyl sites for hydroxylation is 5.